The van der Waals surface area contributed by atoms with Gasteiger partial charge in [0.15, 0.2) is 18.1 Å². The molecule has 1 amide bonds. The van der Waals surface area contributed by atoms with Crippen LogP contribution in [0.5, 0.6) is 23.0 Å². The van der Waals surface area contributed by atoms with Gasteiger partial charge in [-0.1, -0.05) is 30.3 Å². The second kappa shape index (κ2) is 10.8. The molecule has 156 valence electrons. The predicted octanol–water partition coefficient (Wildman–Crippen LogP) is 4.69. The molecule has 0 aromatic heterocycles. The molecule has 0 aliphatic rings. The monoisotopic (exact) mass is 407 g/mol. The molecule has 0 saturated heterocycles. The summed E-state index contributed by atoms with van der Waals surface area (Å²) in [5, 5.41) is 2.78. The highest BCUT2D eigenvalue weighted by Crippen LogP contribution is 2.30. The van der Waals surface area contributed by atoms with Gasteiger partial charge in [-0.3, -0.25) is 4.79 Å². The van der Waals surface area contributed by atoms with Crippen molar-refractivity contribution >= 4 is 11.6 Å². The topological polar surface area (TPSA) is 66.0 Å². The Morgan fingerprint density at radius 1 is 0.833 bits per heavy atom. The van der Waals surface area contributed by atoms with Gasteiger partial charge < -0.3 is 24.3 Å². The van der Waals surface area contributed by atoms with Crippen LogP contribution < -0.4 is 24.3 Å². The van der Waals surface area contributed by atoms with Crippen molar-refractivity contribution in [3.05, 3.63) is 78.4 Å². The summed E-state index contributed by atoms with van der Waals surface area (Å²) in [6.07, 6.45) is 0. The molecule has 6 nitrogen and oxygen atoms in total. The summed E-state index contributed by atoms with van der Waals surface area (Å²) in [7, 11) is 1.56. The number of ether oxygens (including phenoxy) is 4. The van der Waals surface area contributed by atoms with E-state index in [9.17, 15) is 4.79 Å². The van der Waals surface area contributed by atoms with Crippen molar-refractivity contribution in [1.29, 1.82) is 0 Å². The van der Waals surface area contributed by atoms with Crippen LogP contribution in [0.1, 0.15) is 12.5 Å². The SMILES string of the molecule is CCOc1ccc(NC(=O)COc2ccc(OCc3ccccc3)cc2)cc1OC. The maximum Gasteiger partial charge on any atom is 0.262 e. The average molecular weight is 407 g/mol. The van der Waals surface area contributed by atoms with Crippen LogP contribution in [0.15, 0.2) is 72.8 Å². The highest BCUT2D eigenvalue weighted by atomic mass is 16.5. The minimum absolute atomic E-state index is 0.111. The van der Waals surface area contributed by atoms with E-state index in [4.69, 9.17) is 18.9 Å². The van der Waals surface area contributed by atoms with E-state index >= 15 is 0 Å². The first-order valence-electron chi connectivity index (χ1n) is 9.68. The van der Waals surface area contributed by atoms with Gasteiger partial charge in [-0.25, -0.2) is 0 Å². The molecule has 0 bridgehead atoms. The van der Waals surface area contributed by atoms with E-state index in [-0.39, 0.29) is 12.5 Å². The second-order valence-electron chi connectivity index (χ2n) is 6.38. The van der Waals surface area contributed by atoms with Crippen molar-refractivity contribution in [3.63, 3.8) is 0 Å². The summed E-state index contributed by atoms with van der Waals surface area (Å²) in [4.78, 5) is 12.2. The van der Waals surface area contributed by atoms with Gasteiger partial charge in [0.05, 0.1) is 13.7 Å². The summed E-state index contributed by atoms with van der Waals surface area (Å²) < 4.78 is 22.1. The number of rotatable bonds is 10. The van der Waals surface area contributed by atoms with Crippen LogP contribution in [0, 0.1) is 0 Å². The van der Waals surface area contributed by atoms with Crippen molar-refractivity contribution < 1.29 is 23.7 Å². The molecule has 3 rings (SSSR count). The quantitative estimate of drug-likeness (QED) is 0.528. The van der Waals surface area contributed by atoms with Crippen LogP contribution >= 0.6 is 0 Å². The fourth-order valence-electron chi connectivity index (χ4n) is 2.74. The molecule has 0 aliphatic heterocycles. The van der Waals surface area contributed by atoms with Gasteiger partial charge in [0.1, 0.15) is 18.1 Å². The third-order valence-electron chi connectivity index (χ3n) is 4.19. The normalized spacial score (nSPS) is 10.2. The summed E-state index contributed by atoms with van der Waals surface area (Å²) in [6.45, 7) is 2.81. The average Bonchev–Trinajstić information content (AvgIpc) is 2.79. The largest absolute Gasteiger partial charge is 0.493 e. The number of benzene rings is 3. The summed E-state index contributed by atoms with van der Waals surface area (Å²) in [5.41, 5.74) is 1.70. The number of amides is 1. The number of anilines is 1. The fourth-order valence-corrected chi connectivity index (χ4v) is 2.74. The van der Waals surface area contributed by atoms with Crippen molar-refractivity contribution in [2.75, 3.05) is 25.6 Å². The number of carbonyl (C=O) groups excluding carboxylic acids is 1. The van der Waals surface area contributed by atoms with Gasteiger partial charge in [0.25, 0.3) is 5.91 Å². The molecule has 0 aliphatic carbocycles. The van der Waals surface area contributed by atoms with Crippen LogP contribution in [0.25, 0.3) is 0 Å². The van der Waals surface area contributed by atoms with E-state index in [0.717, 1.165) is 11.3 Å². The van der Waals surface area contributed by atoms with Gasteiger partial charge in [-0.05, 0) is 48.9 Å². The van der Waals surface area contributed by atoms with E-state index in [2.05, 4.69) is 5.32 Å². The number of carbonyl (C=O) groups is 1. The van der Waals surface area contributed by atoms with Crippen LogP contribution in [0.2, 0.25) is 0 Å². The van der Waals surface area contributed by atoms with Crippen molar-refractivity contribution in [1.82, 2.24) is 0 Å². The molecular formula is C24H25NO5. The third-order valence-corrected chi connectivity index (χ3v) is 4.19. The molecule has 0 spiro atoms. The smallest absolute Gasteiger partial charge is 0.262 e. The van der Waals surface area contributed by atoms with Gasteiger partial charge >= 0.3 is 0 Å². The first-order chi connectivity index (χ1) is 14.7. The van der Waals surface area contributed by atoms with E-state index in [1.54, 1.807) is 37.4 Å². The van der Waals surface area contributed by atoms with Crippen LogP contribution in [0.4, 0.5) is 5.69 Å². The van der Waals surface area contributed by atoms with Crippen molar-refractivity contribution in [3.8, 4) is 23.0 Å². The minimum atomic E-state index is -0.273. The Bertz CT molecular complexity index is 942. The lowest BCUT2D eigenvalue weighted by molar-refractivity contribution is -0.118. The zero-order valence-electron chi connectivity index (χ0n) is 17.1. The molecule has 0 saturated carbocycles. The van der Waals surface area contributed by atoms with Crippen LogP contribution in [-0.4, -0.2) is 26.2 Å². The lowest BCUT2D eigenvalue weighted by atomic mass is 10.2. The van der Waals surface area contributed by atoms with E-state index in [0.29, 0.717) is 36.1 Å². The Morgan fingerprint density at radius 3 is 2.20 bits per heavy atom. The molecule has 3 aromatic rings. The molecule has 0 radical (unpaired) electrons. The van der Waals surface area contributed by atoms with Gasteiger partial charge in [-0.15, -0.1) is 0 Å². The molecule has 0 heterocycles. The standard InChI is InChI=1S/C24H25NO5/c1-3-28-22-14-9-19(15-23(22)27-2)25-24(26)17-30-21-12-10-20(11-13-21)29-16-18-7-5-4-6-8-18/h4-15H,3,16-17H2,1-2H3,(H,25,26). The van der Waals surface area contributed by atoms with E-state index in [1.165, 1.54) is 0 Å². The Labute approximate surface area is 176 Å². The lowest BCUT2D eigenvalue weighted by Crippen LogP contribution is -2.20. The first-order valence-corrected chi connectivity index (χ1v) is 9.68. The van der Waals surface area contributed by atoms with E-state index in [1.807, 2.05) is 49.4 Å². The maximum absolute atomic E-state index is 12.2. The molecule has 30 heavy (non-hydrogen) atoms. The Hall–Kier alpha value is -3.67. The van der Waals surface area contributed by atoms with Crippen LogP contribution in [0.3, 0.4) is 0 Å². The van der Waals surface area contributed by atoms with Crippen molar-refractivity contribution in [2.24, 2.45) is 0 Å². The van der Waals surface area contributed by atoms with Crippen molar-refractivity contribution in [2.45, 2.75) is 13.5 Å². The Morgan fingerprint density at radius 2 is 1.53 bits per heavy atom. The Balaban J connectivity index is 1.47. The van der Waals surface area contributed by atoms with Gasteiger partial charge in [-0.2, -0.15) is 0 Å². The number of hydrogen-bond acceptors (Lipinski definition) is 5. The highest BCUT2D eigenvalue weighted by Gasteiger charge is 2.09. The lowest BCUT2D eigenvalue weighted by Gasteiger charge is -2.12. The first kappa shape index (κ1) is 21.0. The van der Waals surface area contributed by atoms with Gasteiger partial charge in [0.2, 0.25) is 0 Å². The molecule has 1 N–H and O–H groups in total. The second-order valence-corrected chi connectivity index (χ2v) is 6.38. The number of methoxy groups -OCH3 is 1. The highest BCUT2D eigenvalue weighted by molar-refractivity contribution is 5.92. The number of nitrogens with one attached hydrogen (secondary N) is 1. The molecular weight excluding hydrogens is 382 g/mol. The zero-order chi connectivity index (χ0) is 21.2. The Kier molecular flexibility index (Phi) is 7.55. The van der Waals surface area contributed by atoms with Crippen LogP contribution in [-0.2, 0) is 11.4 Å². The summed E-state index contributed by atoms with van der Waals surface area (Å²) >= 11 is 0. The minimum Gasteiger partial charge on any atom is -0.493 e. The molecule has 0 fully saturated rings. The van der Waals surface area contributed by atoms with Gasteiger partial charge in [0, 0.05) is 11.8 Å². The molecule has 6 heteroatoms. The fraction of sp³-hybridized carbons (Fsp3) is 0.208. The summed E-state index contributed by atoms with van der Waals surface area (Å²) in [5.74, 6) is 2.23. The molecule has 0 atom stereocenters. The third kappa shape index (κ3) is 6.17. The maximum atomic E-state index is 12.2. The number of hydrogen-bond donors (Lipinski definition) is 1. The zero-order valence-corrected chi connectivity index (χ0v) is 17.1. The summed E-state index contributed by atoms with van der Waals surface area (Å²) in [6, 6.07) is 22.3. The molecule has 0 unspecified atom stereocenters. The predicted molar refractivity (Wildman–Crippen MR) is 116 cm³/mol. The molecule has 3 aromatic carbocycles. The van der Waals surface area contributed by atoms with E-state index < -0.39 is 0 Å².